The van der Waals surface area contributed by atoms with Crippen LogP contribution in [0.15, 0.2) is 48.8 Å². The second-order valence-corrected chi connectivity index (χ2v) is 7.01. The Labute approximate surface area is 190 Å². The van der Waals surface area contributed by atoms with Crippen molar-refractivity contribution in [1.29, 1.82) is 0 Å². The van der Waals surface area contributed by atoms with Crippen LogP contribution in [0.4, 0.5) is 30.5 Å². The minimum atomic E-state index is -2.88. The van der Waals surface area contributed by atoms with Crippen molar-refractivity contribution in [3.63, 3.8) is 0 Å². The second-order valence-electron chi connectivity index (χ2n) is 7.01. The lowest BCUT2D eigenvalue weighted by molar-refractivity contribution is -0.0498. The third-order valence-corrected chi connectivity index (χ3v) is 4.74. The van der Waals surface area contributed by atoms with Crippen molar-refractivity contribution in [2.45, 2.75) is 33.5 Å². The second kappa shape index (κ2) is 11.5. The highest BCUT2D eigenvalue weighted by Crippen LogP contribution is 2.27. The van der Waals surface area contributed by atoms with Crippen LogP contribution in [0.1, 0.15) is 20.8 Å². The number of benzene rings is 1. The molecule has 176 valence electrons. The Kier molecular flexibility index (Phi) is 8.42. The Morgan fingerprint density at radius 1 is 1.12 bits per heavy atom. The Bertz CT molecular complexity index is 1040. The van der Waals surface area contributed by atoms with Gasteiger partial charge in [-0.15, -0.1) is 5.10 Å². The molecule has 0 bridgehead atoms. The van der Waals surface area contributed by atoms with Crippen LogP contribution in [0.3, 0.4) is 0 Å². The number of aromatic nitrogens is 3. The van der Waals surface area contributed by atoms with Gasteiger partial charge in [0.25, 0.3) is 0 Å². The van der Waals surface area contributed by atoms with E-state index < -0.39 is 12.4 Å². The fraction of sp³-hybridized carbons (Fsp3) is 0.348. The fourth-order valence-electron chi connectivity index (χ4n) is 3.28. The molecule has 1 N–H and O–H groups in total. The summed E-state index contributed by atoms with van der Waals surface area (Å²) in [4.78, 5) is 6.22. The number of hydrogen-bond acceptors (Lipinski definition) is 7. The summed E-state index contributed by atoms with van der Waals surface area (Å²) >= 11 is 0. The van der Waals surface area contributed by atoms with Crippen molar-refractivity contribution in [3.8, 4) is 16.9 Å². The van der Waals surface area contributed by atoms with Crippen LogP contribution in [0.5, 0.6) is 5.75 Å². The van der Waals surface area contributed by atoms with Gasteiger partial charge in [0.1, 0.15) is 11.6 Å². The van der Waals surface area contributed by atoms with Crippen LogP contribution in [-0.2, 0) is 4.74 Å². The van der Waals surface area contributed by atoms with Crippen molar-refractivity contribution in [2.24, 2.45) is 0 Å². The molecule has 1 unspecified atom stereocenters. The predicted octanol–water partition coefficient (Wildman–Crippen LogP) is 5.27. The Morgan fingerprint density at radius 2 is 1.88 bits per heavy atom. The smallest absolute Gasteiger partial charge is 0.387 e. The normalized spacial score (nSPS) is 15.6. The number of halogens is 3. The quantitative estimate of drug-likeness (QED) is 0.536. The molecular formula is C23H26F3N5O2. The number of nitrogens with zero attached hydrogens (tertiary/aromatic N) is 4. The molecule has 7 nitrogen and oxygen atoms in total. The van der Waals surface area contributed by atoms with Gasteiger partial charge in [-0.1, -0.05) is 26.0 Å². The van der Waals surface area contributed by atoms with E-state index >= 15 is 0 Å². The average Bonchev–Trinajstić information content (AvgIpc) is 2.82. The Hall–Kier alpha value is -3.40. The molecule has 3 heterocycles. The summed E-state index contributed by atoms with van der Waals surface area (Å²) in [5, 5.41) is 10.9. The van der Waals surface area contributed by atoms with Crippen LogP contribution >= 0.6 is 0 Å². The molecule has 10 heteroatoms. The van der Waals surface area contributed by atoms with Crippen molar-refractivity contribution in [3.05, 3.63) is 54.6 Å². The van der Waals surface area contributed by atoms with E-state index in [1.165, 1.54) is 18.3 Å². The molecule has 1 aromatic carbocycles. The summed E-state index contributed by atoms with van der Waals surface area (Å²) in [5.41, 5.74) is 1.62. The average molecular weight is 461 g/mol. The van der Waals surface area contributed by atoms with E-state index in [0.717, 1.165) is 11.8 Å². The third-order valence-electron chi connectivity index (χ3n) is 4.74. The van der Waals surface area contributed by atoms with Gasteiger partial charge in [-0.25, -0.2) is 9.37 Å². The molecular weight excluding hydrogens is 435 g/mol. The molecule has 0 spiro atoms. The monoisotopic (exact) mass is 461 g/mol. The lowest BCUT2D eigenvalue weighted by Crippen LogP contribution is -2.41. The van der Waals surface area contributed by atoms with E-state index in [0.29, 0.717) is 36.9 Å². The first-order valence-corrected chi connectivity index (χ1v) is 10.6. The van der Waals surface area contributed by atoms with Gasteiger partial charge >= 0.3 is 6.61 Å². The number of nitrogens with one attached hydrogen (secondary N) is 1. The van der Waals surface area contributed by atoms with E-state index in [1.54, 1.807) is 24.3 Å². The highest BCUT2D eigenvalue weighted by Gasteiger charge is 2.19. The van der Waals surface area contributed by atoms with Crippen molar-refractivity contribution in [1.82, 2.24) is 15.2 Å². The molecule has 1 aliphatic heterocycles. The summed E-state index contributed by atoms with van der Waals surface area (Å²) < 4.78 is 48.9. The maximum atomic E-state index is 14.4. The van der Waals surface area contributed by atoms with Gasteiger partial charge in [0, 0.05) is 24.7 Å². The molecule has 0 radical (unpaired) electrons. The predicted molar refractivity (Wildman–Crippen MR) is 121 cm³/mol. The number of anilines is 3. The molecule has 3 aromatic rings. The number of morpholine rings is 1. The molecule has 0 amide bonds. The van der Waals surface area contributed by atoms with Crippen LogP contribution in [0.25, 0.3) is 11.1 Å². The van der Waals surface area contributed by atoms with E-state index in [2.05, 4.69) is 25.2 Å². The summed E-state index contributed by atoms with van der Waals surface area (Å²) in [7, 11) is 0. The van der Waals surface area contributed by atoms with E-state index in [4.69, 9.17) is 4.74 Å². The number of rotatable bonds is 6. The standard InChI is InChI=1S/C21H20F3N5O2.C2H6/c1-13-12-29(6-7-30-13)20-9-18(17(22)11-25-20)27-19-8-15(10-26-28-19)14-2-4-16(5-3-14)31-21(23)24;1-2/h2-5,8-11,13,21H,6-7,12H2,1H3,(H,25,27,28);1-2H3. The van der Waals surface area contributed by atoms with Crippen LogP contribution < -0.4 is 15.0 Å². The van der Waals surface area contributed by atoms with E-state index in [1.807, 2.05) is 25.7 Å². The third kappa shape index (κ3) is 6.55. The molecule has 0 saturated carbocycles. The molecule has 1 fully saturated rings. The zero-order valence-corrected chi connectivity index (χ0v) is 18.6. The lowest BCUT2D eigenvalue weighted by atomic mass is 10.1. The summed E-state index contributed by atoms with van der Waals surface area (Å²) in [6.07, 6.45) is 2.76. The lowest BCUT2D eigenvalue weighted by Gasteiger charge is -2.32. The molecule has 1 saturated heterocycles. The Morgan fingerprint density at radius 3 is 2.58 bits per heavy atom. The SMILES string of the molecule is CC.CC1CN(c2cc(Nc3cc(-c4ccc(OC(F)F)cc4)cnn3)c(F)cn2)CCO1. The topological polar surface area (TPSA) is 72.4 Å². The van der Waals surface area contributed by atoms with Crippen LogP contribution in [0.2, 0.25) is 0 Å². The molecule has 2 aromatic heterocycles. The fourth-order valence-corrected chi connectivity index (χ4v) is 3.28. The number of hydrogen-bond donors (Lipinski definition) is 1. The van der Waals surface area contributed by atoms with Gasteiger partial charge in [-0.3, -0.25) is 0 Å². The molecule has 33 heavy (non-hydrogen) atoms. The highest BCUT2D eigenvalue weighted by molar-refractivity contribution is 5.69. The van der Waals surface area contributed by atoms with E-state index in [-0.39, 0.29) is 17.5 Å². The summed E-state index contributed by atoms with van der Waals surface area (Å²) in [6, 6.07) is 9.44. The number of pyridine rings is 1. The van der Waals surface area contributed by atoms with Crippen LogP contribution in [0, 0.1) is 5.82 Å². The first-order valence-electron chi connectivity index (χ1n) is 10.6. The number of alkyl halides is 2. The summed E-state index contributed by atoms with van der Waals surface area (Å²) in [6.45, 7) is 5.01. The first kappa shape index (κ1) is 24.2. The largest absolute Gasteiger partial charge is 0.435 e. The van der Waals surface area contributed by atoms with Gasteiger partial charge < -0.3 is 19.7 Å². The van der Waals surface area contributed by atoms with Crippen LogP contribution in [-0.4, -0.2) is 47.6 Å². The zero-order chi connectivity index (χ0) is 23.8. The molecule has 4 rings (SSSR count). The maximum Gasteiger partial charge on any atom is 0.387 e. The van der Waals surface area contributed by atoms with Gasteiger partial charge in [0.15, 0.2) is 11.6 Å². The highest BCUT2D eigenvalue weighted by atomic mass is 19.3. The van der Waals surface area contributed by atoms with E-state index in [9.17, 15) is 13.2 Å². The van der Waals surface area contributed by atoms with Crippen molar-refractivity contribution < 1.29 is 22.6 Å². The minimum absolute atomic E-state index is 0.0583. The minimum Gasteiger partial charge on any atom is -0.435 e. The van der Waals surface area contributed by atoms with Gasteiger partial charge in [0.2, 0.25) is 0 Å². The Balaban J connectivity index is 0.00000149. The van der Waals surface area contributed by atoms with Crippen molar-refractivity contribution >= 4 is 17.3 Å². The first-order chi connectivity index (χ1) is 16.0. The molecule has 1 aliphatic rings. The number of ether oxygens (including phenoxy) is 2. The maximum absolute atomic E-state index is 14.4. The molecule has 0 aliphatic carbocycles. The summed E-state index contributed by atoms with van der Waals surface area (Å²) in [5.74, 6) is 0.503. The van der Waals surface area contributed by atoms with Crippen molar-refractivity contribution in [2.75, 3.05) is 29.9 Å². The van der Waals surface area contributed by atoms with Gasteiger partial charge in [-0.2, -0.15) is 13.9 Å². The van der Waals surface area contributed by atoms with Gasteiger partial charge in [0.05, 0.1) is 30.8 Å². The van der Waals surface area contributed by atoms with Gasteiger partial charge in [-0.05, 0) is 30.7 Å². The zero-order valence-electron chi connectivity index (χ0n) is 18.6. The molecule has 1 atom stereocenters.